The number of benzene rings is 1. The van der Waals surface area contributed by atoms with Gasteiger partial charge in [0.1, 0.15) is 0 Å². The summed E-state index contributed by atoms with van der Waals surface area (Å²) in [6, 6.07) is 5.18. The van der Waals surface area contributed by atoms with Crippen molar-refractivity contribution in [2.75, 3.05) is 12.3 Å². The van der Waals surface area contributed by atoms with Gasteiger partial charge in [-0.25, -0.2) is 0 Å². The van der Waals surface area contributed by atoms with Gasteiger partial charge in [-0.15, -0.1) is 0 Å². The number of hydrogen-bond acceptors (Lipinski definition) is 3. The number of rotatable bonds is 4. The van der Waals surface area contributed by atoms with Gasteiger partial charge >= 0.3 is 0 Å². The van der Waals surface area contributed by atoms with E-state index < -0.39 is 6.10 Å². The number of carbonyl (C=O) groups excluding carboxylic acids is 1. The van der Waals surface area contributed by atoms with E-state index in [1.807, 2.05) is 26.8 Å². The zero-order chi connectivity index (χ0) is 13.0. The van der Waals surface area contributed by atoms with Crippen LogP contribution in [0.25, 0.3) is 0 Å². The molecule has 1 aromatic rings. The maximum absolute atomic E-state index is 11.8. The van der Waals surface area contributed by atoms with Gasteiger partial charge in [-0.2, -0.15) is 0 Å². The molecule has 1 amide bonds. The summed E-state index contributed by atoms with van der Waals surface area (Å²) >= 11 is 0. The minimum Gasteiger partial charge on any atom is -0.398 e. The Morgan fingerprint density at radius 2 is 2.12 bits per heavy atom. The normalized spacial score (nSPS) is 12.5. The minimum absolute atomic E-state index is 0.124. The molecule has 4 N–H and O–H groups in total. The first-order valence-electron chi connectivity index (χ1n) is 5.74. The van der Waals surface area contributed by atoms with Crippen LogP contribution in [-0.4, -0.2) is 23.7 Å². The summed E-state index contributed by atoms with van der Waals surface area (Å²) in [7, 11) is 0. The summed E-state index contributed by atoms with van der Waals surface area (Å²) in [6.45, 7) is 5.95. The predicted molar refractivity (Wildman–Crippen MR) is 68.8 cm³/mol. The maximum atomic E-state index is 11.8. The molecule has 0 aliphatic carbocycles. The molecule has 0 heterocycles. The van der Waals surface area contributed by atoms with Gasteiger partial charge in [-0.3, -0.25) is 4.79 Å². The molecule has 1 rings (SSSR count). The summed E-state index contributed by atoms with van der Waals surface area (Å²) in [5.74, 6) is -0.0882. The van der Waals surface area contributed by atoms with Gasteiger partial charge in [-0.05, 0) is 30.5 Å². The lowest BCUT2D eigenvalue weighted by molar-refractivity contribution is 0.0871. The molecule has 17 heavy (non-hydrogen) atoms. The molecule has 1 unspecified atom stereocenters. The van der Waals surface area contributed by atoms with Crippen LogP contribution in [0.15, 0.2) is 18.2 Å². The van der Waals surface area contributed by atoms with E-state index in [1.54, 1.807) is 12.1 Å². The maximum Gasteiger partial charge on any atom is 0.251 e. The zero-order valence-corrected chi connectivity index (χ0v) is 10.5. The number of nitrogens with two attached hydrogens (primary N) is 1. The van der Waals surface area contributed by atoms with Gasteiger partial charge in [0.25, 0.3) is 5.91 Å². The molecule has 1 atom stereocenters. The van der Waals surface area contributed by atoms with Crippen LogP contribution >= 0.6 is 0 Å². The number of aryl methyl sites for hydroxylation is 1. The highest BCUT2D eigenvalue weighted by molar-refractivity contribution is 5.95. The number of nitrogens with one attached hydrogen (secondary N) is 1. The molecular weight excluding hydrogens is 216 g/mol. The SMILES string of the molecule is Cc1ccc(C(=O)NCC(O)C(C)C)cc1N. The Morgan fingerprint density at radius 3 is 2.65 bits per heavy atom. The topological polar surface area (TPSA) is 75.3 Å². The number of hydrogen-bond donors (Lipinski definition) is 3. The molecule has 0 aliphatic heterocycles. The summed E-state index contributed by atoms with van der Waals surface area (Å²) in [5.41, 5.74) is 7.80. The third-order valence-electron chi connectivity index (χ3n) is 2.78. The highest BCUT2D eigenvalue weighted by atomic mass is 16.3. The molecule has 4 heteroatoms. The lowest BCUT2D eigenvalue weighted by atomic mass is 10.1. The van der Waals surface area contributed by atoms with Crippen molar-refractivity contribution in [3.8, 4) is 0 Å². The predicted octanol–water partition coefficient (Wildman–Crippen LogP) is 1.32. The van der Waals surface area contributed by atoms with Gasteiger partial charge in [0.2, 0.25) is 0 Å². The molecular formula is C13H20N2O2. The highest BCUT2D eigenvalue weighted by Crippen LogP contribution is 2.12. The Hall–Kier alpha value is -1.55. The average Bonchev–Trinajstić information content (AvgIpc) is 2.28. The van der Waals surface area contributed by atoms with E-state index in [2.05, 4.69) is 5.32 Å². The number of anilines is 1. The fourth-order valence-electron chi connectivity index (χ4n) is 1.32. The van der Waals surface area contributed by atoms with Gasteiger partial charge in [0, 0.05) is 17.8 Å². The van der Waals surface area contributed by atoms with Crippen molar-refractivity contribution in [2.45, 2.75) is 26.9 Å². The second-order valence-corrected chi connectivity index (χ2v) is 4.59. The number of amides is 1. The number of nitrogen functional groups attached to an aromatic ring is 1. The molecule has 0 fully saturated rings. The fourth-order valence-corrected chi connectivity index (χ4v) is 1.32. The quantitative estimate of drug-likeness (QED) is 0.690. The molecule has 0 aliphatic rings. The van der Waals surface area contributed by atoms with E-state index in [4.69, 9.17) is 5.73 Å². The second-order valence-electron chi connectivity index (χ2n) is 4.59. The average molecular weight is 236 g/mol. The van der Waals surface area contributed by atoms with E-state index in [9.17, 15) is 9.90 Å². The Labute approximate surface area is 102 Å². The van der Waals surface area contributed by atoms with Gasteiger partial charge in [-0.1, -0.05) is 19.9 Å². The summed E-state index contributed by atoms with van der Waals surface area (Å²) in [5, 5.41) is 12.3. The first-order chi connectivity index (χ1) is 7.91. The van der Waals surface area contributed by atoms with E-state index >= 15 is 0 Å². The van der Waals surface area contributed by atoms with E-state index in [1.165, 1.54) is 0 Å². The van der Waals surface area contributed by atoms with Crippen LogP contribution in [0.2, 0.25) is 0 Å². The zero-order valence-electron chi connectivity index (χ0n) is 10.5. The smallest absolute Gasteiger partial charge is 0.251 e. The Bertz CT molecular complexity index is 402. The van der Waals surface area contributed by atoms with Crippen molar-refractivity contribution in [1.29, 1.82) is 0 Å². The lowest BCUT2D eigenvalue weighted by Crippen LogP contribution is -2.34. The van der Waals surface area contributed by atoms with Crippen LogP contribution in [0.5, 0.6) is 0 Å². The number of carbonyl (C=O) groups is 1. The Balaban J connectivity index is 2.61. The summed E-state index contributed by atoms with van der Waals surface area (Å²) < 4.78 is 0. The molecule has 1 aromatic carbocycles. The molecule has 94 valence electrons. The molecule has 0 aromatic heterocycles. The standard InChI is InChI=1S/C13H20N2O2/c1-8(2)12(16)7-15-13(17)10-5-4-9(3)11(14)6-10/h4-6,8,12,16H,7,14H2,1-3H3,(H,15,17). The van der Waals surface area contributed by atoms with E-state index in [0.29, 0.717) is 11.3 Å². The van der Waals surface area contributed by atoms with Gasteiger partial charge in [0.15, 0.2) is 0 Å². The summed E-state index contributed by atoms with van der Waals surface area (Å²) in [4.78, 5) is 11.8. The first kappa shape index (κ1) is 13.5. The molecule has 4 nitrogen and oxygen atoms in total. The van der Waals surface area contributed by atoms with E-state index in [0.717, 1.165) is 5.56 Å². The molecule has 0 saturated heterocycles. The van der Waals surface area contributed by atoms with Crippen molar-refractivity contribution < 1.29 is 9.90 Å². The molecule has 0 radical (unpaired) electrons. The van der Waals surface area contributed by atoms with Crippen LogP contribution in [0.3, 0.4) is 0 Å². The third-order valence-corrected chi connectivity index (χ3v) is 2.78. The van der Waals surface area contributed by atoms with Crippen LogP contribution in [0, 0.1) is 12.8 Å². The Morgan fingerprint density at radius 1 is 1.47 bits per heavy atom. The fraction of sp³-hybridized carbons (Fsp3) is 0.462. The van der Waals surface area contributed by atoms with Gasteiger partial charge < -0.3 is 16.2 Å². The van der Waals surface area contributed by atoms with Crippen molar-refractivity contribution in [1.82, 2.24) is 5.32 Å². The molecule has 0 spiro atoms. The largest absolute Gasteiger partial charge is 0.398 e. The van der Waals surface area contributed by atoms with Crippen LogP contribution in [0.4, 0.5) is 5.69 Å². The van der Waals surface area contributed by atoms with Crippen molar-refractivity contribution in [2.24, 2.45) is 5.92 Å². The highest BCUT2D eigenvalue weighted by Gasteiger charge is 2.12. The number of aliphatic hydroxyl groups is 1. The first-order valence-corrected chi connectivity index (χ1v) is 5.74. The number of aliphatic hydroxyl groups excluding tert-OH is 1. The molecule has 0 saturated carbocycles. The second kappa shape index (κ2) is 5.68. The minimum atomic E-state index is -0.526. The van der Waals surface area contributed by atoms with Crippen LogP contribution < -0.4 is 11.1 Å². The van der Waals surface area contributed by atoms with Crippen LogP contribution in [-0.2, 0) is 0 Å². The monoisotopic (exact) mass is 236 g/mol. The van der Waals surface area contributed by atoms with Crippen LogP contribution in [0.1, 0.15) is 29.8 Å². The summed E-state index contributed by atoms with van der Waals surface area (Å²) in [6.07, 6.45) is -0.526. The third kappa shape index (κ3) is 3.75. The van der Waals surface area contributed by atoms with Crippen molar-refractivity contribution in [3.63, 3.8) is 0 Å². The lowest BCUT2D eigenvalue weighted by Gasteiger charge is -2.15. The van der Waals surface area contributed by atoms with Crippen molar-refractivity contribution >= 4 is 11.6 Å². The molecule has 0 bridgehead atoms. The Kier molecular flexibility index (Phi) is 4.52. The van der Waals surface area contributed by atoms with E-state index in [-0.39, 0.29) is 18.4 Å². The van der Waals surface area contributed by atoms with Crippen molar-refractivity contribution in [3.05, 3.63) is 29.3 Å². The van der Waals surface area contributed by atoms with Gasteiger partial charge in [0.05, 0.1) is 6.10 Å².